The van der Waals surface area contributed by atoms with Gasteiger partial charge in [0.2, 0.25) is 0 Å². The second-order valence-electron chi connectivity index (χ2n) is 10.2. The van der Waals surface area contributed by atoms with E-state index in [1.165, 1.54) is 22.9 Å². The molecule has 7 aliphatic carbocycles. The first kappa shape index (κ1) is 16.1. The summed E-state index contributed by atoms with van der Waals surface area (Å²) in [5, 5.41) is 2.77. The summed E-state index contributed by atoms with van der Waals surface area (Å²) in [4.78, 5) is 24.7. The molecule has 7 heteroatoms. The first-order valence-corrected chi connectivity index (χ1v) is 10.8. The Kier molecular flexibility index (Phi) is 2.32. The minimum Gasteiger partial charge on any atom is -0.496 e. The second kappa shape index (κ2) is 4.34. The van der Waals surface area contributed by atoms with Gasteiger partial charge in [0.25, 0.3) is 0 Å². The van der Waals surface area contributed by atoms with Crippen LogP contribution in [0.4, 0.5) is 0 Å². The van der Waals surface area contributed by atoms with Crippen LogP contribution in [0, 0.1) is 34.5 Å². The number of ether oxygens (including phenoxy) is 2. The van der Waals surface area contributed by atoms with Crippen molar-refractivity contribution in [3.63, 3.8) is 0 Å². The average Bonchev–Trinajstić information content (AvgIpc) is 3.53. The van der Waals surface area contributed by atoms with Crippen molar-refractivity contribution in [1.82, 2.24) is 14.3 Å². The van der Waals surface area contributed by atoms with Crippen molar-refractivity contribution >= 4 is 0 Å². The molecule has 9 rings (SSSR count). The van der Waals surface area contributed by atoms with E-state index in [4.69, 9.17) is 9.47 Å². The molecule has 0 radical (unpaired) electrons. The molecule has 0 saturated heterocycles. The molecule has 1 aromatic carbocycles. The van der Waals surface area contributed by atoms with Gasteiger partial charge in [-0.2, -0.15) is 0 Å². The number of aromatic nitrogens is 3. The molecule has 7 nitrogen and oxygen atoms in total. The summed E-state index contributed by atoms with van der Waals surface area (Å²) >= 11 is 0. The monoisotopic (exact) mass is 405 g/mol. The largest absolute Gasteiger partial charge is 0.496 e. The lowest BCUT2D eigenvalue weighted by Crippen LogP contribution is -2.43. The van der Waals surface area contributed by atoms with Gasteiger partial charge in [0.15, 0.2) is 0 Å². The number of benzene rings is 1. The number of rotatable bonds is 3. The van der Waals surface area contributed by atoms with E-state index in [9.17, 15) is 9.59 Å². The smallest absolute Gasteiger partial charge is 0.347 e. The molecule has 2 spiro atoms. The summed E-state index contributed by atoms with van der Waals surface area (Å²) in [6.45, 7) is 0. The first-order valence-electron chi connectivity index (χ1n) is 10.8. The van der Waals surface area contributed by atoms with E-state index in [2.05, 4.69) is 29.4 Å². The zero-order valence-corrected chi connectivity index (χ0v) is 17.1. The van der Waals surface area contributed by atoms with Crippen LogP contribution >= 0.6 is 0 Å². The van der Waals surface area contributed by atoms with Crippen LogP contribution < -0.4 is 20.9 Å². The molecule has 1 aromatic heterocycles. The molecule has 2 aromatic rings. The van der Waals surface area contributed by atoms with E-state index >= 15 is 0 Å². The Balaban J connectivity index is 1.35. The Morgan fingerprint density at radius 1 is 1.03 bits per heavy atom. The van der Waals surface area contributed by atoms with Crippen molar-refractivity contribution < 1.29 is 9.47 Å². The lowest BCUT2D eigenvalue weighted by atomic mass is 9.53. The maximum absolute atomic E-state index is 12.6. The van der Waals surface area contributed by atoms with Gasteiger partial charge in [0.05, 0.1) is 20.3 Å². The third-order valence-electron chi connectivity index (χ3n) is 9.96. The van der Waals surface area contributed by atoms with E-state index in [0.29, 0.717) is 17.8 Å². The van der Waals surface area contributed by atoms with Gasteiger partial charge in [-0.25, -0.2) is 23.9 Å². The van der Waals surface area contributed by atoms with Gasteiger partial charge in [0.1, 0.15) is 11.5 Å². The molecule has 1 heterocycles. The molecule has 0 unspecified atom stereocenters. The third kappa shape index (κ3) is 1.23. The van der Waals surface area contributed by atoms with Crippen LogP contribution in [0.15, 0.2) is 33.9 Å². The van der Waals surface area contributed by atoms with Crippen molar-refractivity contribution in [2.45, 2.75) is 24.3 Å². The molecule has 7 aliphatic rings. The highest BCUT2D eigenvalue weighted by molar-refractivity contribution is 5.70. The highest BCUT2D eigenvalue weighted by Crippen LogP contribution is 3.06. The van der Waals surface area contributed by atoms with Crippen LogP contribution in [-0.4, -0.2) is 28.6 Å². The van der Waals surface area contributed by atoms with E-state index in [1.807, 2.05) is 0 Å². The fourth-order valence-corrected chi connectivity index (χ4v) is 9.46. The van der Waals surface area contributed by atoms with Crippen LogP contribution in [0.2, 0.25) is 0 Å². The van der Waals surface area contributed by atoms with Crippen LogP contribution in [0.5, 0.6) is 11.5 Å². The van der Waals surface area contributed by atoms with E-state index in [-0.39, 0.29) is 28.3 Å². The first-order chi connectivity index (χ1) is 14.5. The quantitative estimate of drug-likeness (QED) is 0.790. The molecular weight excluding hydrogens is 382 g/mol. The van der Waals surface area contributed by atoms with Gasteiger partial charge in [-0.15, -0.1) is 0 Å². The Morgan fingerprint density at radius 3 is 2.33 bits per heavy atom. The predicted octanol–water partition coefficient (Wildman–Crippen LogP) is 1.77. The number of nitrogens with zero attached hydrogens (tertiary/aromatic N) is 2. The highest BCUT2D eigenvalue weighted by Gasteiger charge is 3.01. The molecular formula is C23H23N3O4. The van der Waals surface area contributed by atoms with E-state index < -0.39 is 0 Å². The standard InChI is InChI=1S/C23H23N3O4/c1-25-20(27)24-26(21(25)28)9-6-7-22-17-12-10(29-2)4-5-11(30-3)13(12)18-15-14(17)16(15)19(22)23(18,22)8-9/h4-7,9,14-19H,8H2,1-3H3,(H,24,27)/t9-,14-,15-,16-,17+,18+,19-,22+,23-/m1/s1. The molecule has 0 amide bonds. The Bertz CT molecular complexity index is 1330. The van der Waals surface area contributed by atoms with Crippen LogP contribution in [-0.2, 0) is 7.05 Å². The fraction of sp³-hybridized carbons (Fsp3) is 0.565. The van der Waals surface area contributed by atoms with Crippen LogP contribution in [0.25, 0.3) is 0 Å². The molecule has 9 atom stereocenters. The zero-order valence-electron chi connectivity index (χ0n) is 17.1. The second-order valence-corrected chi connectivity index (χ2v) is 10.2. The maximum Gasteiger partial charge on any atom is 0.347 e. The normalized spacial score (nSPS) is 46.4. The third-order valence-corrected chi connectivity index (χ3v) is 9.96. The lowest BCUT2D eigenvalue weighted by molar-refractivity contribution is 0.131. The number of hydrogen-bond donors (Lipinski definition) is 1. The summed E-state index contributed by atoms with van der Waals surface area (Å²) in [5.74, 6) is 5.93. The number of aromatic amines is 1. The van der Waals surface area contributed by atoms with Crippen LogP contribution in [0.1, 0.15) is 35.4 Å². The predicted molar refractivity (Wildman–Crippen MR) is 107 cm³/mol. The molecule has 2 bridgehead atoms. The summed E-state index contributed by atoms with van der Waals surface area (Å²) in [7, 11) is 5.06. The zero-order chi connectivity index (χ0) is 20.3. The summed E-state index contributed by atoms with van der Waals surface area (Å²) in [6, 6.07) is 4.02. The number of hydrogen-bond acceptors (Lipinski definition) is 4. The van der Waals surface area contributed by atoms with Crippen molar-refractivity contribution in [2.24, 2.45) is 41.5 Å². The van der Waals surface area contributed by atoms with E-state index in [1.54, 1.807) is 14.2 Å². The Hall–Kier alpha value is -2.70. The molecule has 1 N–H and O–H groups in total. The number of H-pyrrole nitrogens is 1. The number of methoxy groups -OCH3 is 2. The number of nitrogens with one attached hydrogen (secondary N) is 1. The topological polar surface area (TPSA) is 78.2 Å². The minimum absolute atomic E-state index is 0.0973. The van der Waals surface area contributed by atoms with Gasteiger partial charge in [-0.05, 0) is 53.6 Å². The molecule has 30 heavy (non-hydrogen) atoms. The number of allylic oxidation sites excluding steroid dienone is 2. The SMILES string of the molecule is COc1ccc(OC)c2c1[C@H]1[C@H]3[C@@H]4[C@@H]3[C@H]2[C@@]23C[C@H](n5[nH]c(=O)n(C)c5=O)C=C[C@@]12[C@@H]43. The van der Waals surface area contributed by atoms with Gasteiger partial charge in [-0.3, -0.25) is 0 Å². The average molecular weight is 405 g/mol. The van der Waals surface area contributed by atoms with E-state index in [0.717, 1.165) is 40.2 Å². The Morgan fingerprint density at radius 2 is 1.70 bits per heavy atom. The highest BCUT2D eigenvalue weighted by atomic mass is 16.5. The van der Waals surface area contributed by atoms with Gasteiger partial charge in [0, 0.05) is 29.5 Å². The fourth-order valence-electron chi connectivity index (χ4n) is 9.46. The van der Waals surface area contributed by atoms with Crippen molar-refractivity contribution in [3.8, 4) is 11.5 Å². The van der Waals surface area contributed by atoms with Gasteiger partial charge < -0.3 is 9.47 Å². The van der Waals surface area contributed by atoms with Crippen LogP contribution in [0.3, 0.4) is 0 Å². The Labute approximate surface area is 172 Å². The van der Waals surface area contributed by atoms with Gasteiger partial charge in [-0.1, -0.05) is 12.2 Å². The molecule has 4 fully saturated rings. The maximum atomic E-state index is 12.6. The molecule has 4 saturated carbocycles. The van der Waals surface area contributed by atoms with Crippen molar-refractivity contribution in [1.29, 1.82) is 0 Å². The molecule has 154 valence electrons. The molecule has 0 aliphatic heterocycles. The minimum atomic E-state index is -0.352. The van der Waals surface area contributed by atoms with Gasteiger partial charge >= 0.3 is 11.4 Å². The van der Waals surface area contributed by atoms with Crippen molar-refractivity contribution in [3.05, 3.63) is 56.4 Å². The summed E-state index contributed by atoms with van der Waals surface area (Å²) in [6.07, 6.45) is 5.52. The summed E-state index contributed by atoms with van der Waals surface area (Å²) < 4.78 is 14.4. The van der Waals surface area contributed by atoms with Crippen molar-refractivity contribution in [2.75, 3.05) is 14.2 Å². The lowest BCUT2D eigenvalue weighted by Gasteiger charge is -2.50. The summed E-state index contributed by atoms with van der Waals surface area (Å²) in [5.41, 5.74) is 2.51.